The first kappa shape index (κ1) is 11.9. The van der Waals surface area contributed by atoms with E-state index in [9.17, 15) is 0 Å². The van der Waals surface area contributed by atoms with Crippen LogP contribution in [-0.2, 0) is 9.47 Å². The van der Waals surface area contributed by atoms with Crippen molar-refractivity contribution in [1.29, 1.82) is 0 Å². The third-order valence-electron chi connectivity index (χ3n) is 1.80. The normalized spacial score (nSPS) is 16.5. The maximum absolute atomic E-state index is 5.59. The second-order valence-electron chi connectivity index (χ2n) is 3.14. The van der Waals surface area contributed by atoms with Crippen molar-refractivity contribution in [2.45, 2.75) is 45.5 Å². The molecule has 3 nitrogen and oxygen atoms in total. The Morgan fingerprint density at radius 3 is 2.08 bits per heavy atom. The molecule has 0 saturated heterocycles. The molecule has 74 valence electrons. The van der Waals surface area contributed by atoms with E-state index in [0.717, 1.165) is 6.42 Å². The van der Waals surface area contributed by atoms with Crippen LogP contribution in [0.4, 0.5) is 0 Å². The Kier molecular flexibility index (Phi) is 6.34. The van der Waals surface area contributed by atoms with Gasteiger partial charge in [0.1, 0.15) is 0 Å². The number of methoxy groups -OCH3 is 1. The number of hydrogen-bond acceptors (Lipinski definition) is 3. The van der Waals surface area contributed by atoms with Crippen LogP contribution < -0.4 is 5.73 Å². The first-order valence-electron chi connectivity index (χ1n) is 4.54. The van der Waals surface area contributed by atoms with E-state index in [-0.39, 0.29) is 18.3 Å². The van der Waals surface area contributed by atoms with Crippen molar-refractivity contribution in [2.24, 2.45) is 5.73 Å². The van der Waals surface area contributed by atoms with Crippen LogP contribution >= 0.6 is 0 Å². The van der Waals surface area contributed by atoms with Gasteiger partial charge in [0.2, 0.25) is 0 Å². The average molecular weight is 175 g/mol. The van der Waals surface area contributed by atoms with Gasteiger partial charge in [-0.2, -0.15) is 0 Å². The van der Waals surface area contributed by atoms with E-state index < -0.39 is 0 Å². The Balaban J connectivity index is 3.92. The Hall–Kier alpha value is -0.120. The van der Waals surface area contributed by atoms with E-state index >= 15 is 0 Å². The second-order valence-corrected chi connectivity index (χ2v) is 3.14. The van der Waals surface area contributed by atoms with Crippen LogP contribution in [0.5, 0.6) is 0 Å². The van der Waals surface area contributed by atoms with Crippen LogP contribution in [0.2, 0.25) is 0 Å². The Bertz CT molecular complexity index is 103. The first-order valence-corrected chi connectivity index (χ1v) is 4.54. The molecule has 0 aromatic rings. The molecule has 0 bridgehead atoms. The Morgan fingerprint density at radius 2 is 1.83 bits per heavy atom. The summed E-state index contributed by atoms with van der Waals surface area (Å²) in [4.78, 5) is 0. The first-order chi connectivity index (χ1) is 5.65. The lowest BCUT2D eigenvalue weighted by Gasteiger charge is -2.25. The second kappa shape index (κ2) is 6.40. The maximum atomic E-state index is 5.59. The summed E-state index contributed by atoms with van der Waals surface area (Å²) in [5, 5.41) is 0. The minimum atomic E-state index is 0.0278. The van der Waals surface area contributed by atoms with Gasteiger partial charge in [-0.25, -0.2) is 0 Å². The molecule has 0 aromatic carbocycles. The summed E-state index contributed by atoms with van der Waals surface area (Å²) in [6, 6.07) is 0. The zero-order chi connectivity index (χ0) is 9.56. The lowest BCUT2D eigenvalue weighted by atomic mass is 10.1. The van der Waals surface area contributed by atoms with E-state index in [1.807, 2.05) is 13.8 Å². The van der Waals surface area contributed by atoms with Gasteiger partial charge in [0, 0.05) is 13.7 Å². The van der Waals surface area contributed by atoms with E-state index in [2.05, 4.69) is 6.92 Å². The van der Waals surface area contributed by atoms with Gasteiger partial charge in [-0.3, -0.25) is 0 Å². The molecule has 0 aliphatic rings. The molecule has 0 aliphatic carbocycles. The van der Waals surface area contributed by atoms with Gasteiger partial charge in [0.05, 0.1) is 18.3 Å². The quantitative estimate of drug-likeness (QED) is 0.659. The number of nitrogens with two attached hydrogens (primary N) is 1. The summed E-state index contributed by atoms with van der Waals surface area (Å²) in [7, 11) is 1.69. The molecule has 12 heavy (non-hydrogen) atoms. The third kappa shape index (κ3) is 4.04. The van der Waals surface area contributed by atoms with Crippen molar-refractivity contribution >= 4 is 0 Å². The van der Waals surface area contributed by atoms with Crippen molar-refractivity contribution in [3.8, 4) is 0 Å². The van der Waals surface area contributed by atoms with Gasteiger partial charge in [-0.15, -0.1) is 0 Å². The molecule has 2 unspecified atom stereocenters. The maximum Gasteiger partial charge on any atom is 0.0961 e. The van der Waals surface area contributed by atoms with Crippen LogP contribution in [0.15, 0.2) is 0 Å². The van der Waals surface area contributed by atoms with Crippen LogP contribution in [0.25, 0.3) is 0 Å². The average Bonchev–Trinajstić information content (AvgIpc) is 2.04. The van der Waals surface area contributed by atoms with Crippen molar-refractivity contribution in [1.82, 2.24) is 0 Å². The highest BCUT2D eigenvalue weighted by Gasteiger charge is 2.19. The monoisotopic (exact) mass is 175 g/mol. The number of hydrogen-bond donors (Lipinski definition) is 1. The summed E-state index contributed by atoms with van der Waals surface area (Å²) in [6.07, 6.45) is 1.30. The summed E-state index contributed by atoms with van der Waals surface area (Å²) in [5.74, 6) is 0. The number of ether oxygens (including phenoxy) is 2. The van der Waals surface area contributed by atoms with Crippen LogP contribution in [0.3, 0.4) is 0 Å². The molecule has 0 radical (unpaired) electrons. The standard InChI is InChI=1S/C9H21NO2/c1-5-8(11-4)9(6-10)12-7(2)3/h7-9H,5-6,10H2,1-4H3. The molecule has 0 rings (SSSR count). The van der Waals surface area contributed by atoms with E-state index in [1.165, 1.54) is 0 Å². The SMILES string of the molecule is CCC(OC)C(CN)OC(C)C. The molecule has 0 saturated carbocycles. The van der Waals surface area contributed by atoms with Gasteiger partial charge in [0.25, 0.3) is 0 Å². The van der Waals surface area contributed by atoms with E-state index in [1.54, 1.807) is 7.11 Å². The fraction of sp³-hybridized carbons (Fsp3) is 1.00. The molecule has 2 atom stereocenters. The molecular weight excluding hydrogens is 154 g/mol. The molecule has 2 N–H and O–H groups in total. The Labute approximate surface area is 75.2 Å². The van der Waals surface area contributed by atoms with Gasteiger partial charge in [0.15, 0.2) is 0 Å². The smallest absolute Gasteiger partial charge is 0.0961 e. The number of rotatable bonds is 6. The van der Waals surface area contributed by atoms with Gasteiger partial charge >= 0.3 is 0 Å². The van der Waals surface area contributed by atoms with Gasteiger partial charge in [-0.1, -0.05) is 6.92 Å². The van der Waals surface area contributed by atoms with Crippen molar-refractivity contribution < 1.29 is 9.47 Å². The van der Waals surface area contributed by atoms with Crippen molar-refractivity contribution in [3.05, 3.63) is 0 Å². The highest BCUT2D eigenvalue weighted by atomic mass is 16.5. The van der Waals surface area contributed by atoms with Gasteiger partial charge < -0.3 is 15.2 Å². The highest BCUT2D eigenvalue weighted by molar-refractivity contribution is 4.70. The molecule has 0 aliphatic heterocycles. The van der Waals surface area contributed by atoms with Crippen molar-refractivity contribution in [3.63, 3.8) is 0 Å². The molecule has 0 spiro atoms. The lowest BCUT2D eigenvalue weighted by Crippen LogP contribution is -2.38. The van der Waals surface area contributed by atoms with Crippen molar-refractivity contribution in [2.75, 3.05) is 13.7 Å². The highest BCUT2D eigenvalue weighted by Crippen LogP contribution is 2.08. The summed E-state index contributed by atoms with van der Waals surface area (Å²) >= 11 is 0. The predicted molar refractivity (Wildman–Crippen MR) is 50.2 cm³/mol. The topological polar surface area (TPSA) is 44.5 Å². The van der Waals surface area contributed by atoms with Crippen LogP contribution in [-0.4, -0.2) is 32.0 Å². The summed E-state index contributed by atoms with van der Waals surface area (Å²) < 4.78 is 10.8. The Morgan fingerprint density at radius 1 is 1.25 bits per heavy atom. The molecule has 0 aromatic heterocycles. The van der Waals surface area contributed by atoms with E-state index in [4.69, 9.17) is 15.2 Å². The zero-order valence-electron chi connectivity index (χ0n) is 8.54. The minimum Gasteiger partial charge on any atom is -0.379 e. The fourth-order valence-corrected chi connectivity index (χ4v) is 1.23. The van der Waals surface area contributed by atoms with Crippen LogP contribution in [0.1, 0.15) is 27.2 Å². The molecular formula is C9H21NO2. The summed E-state index contributed by atoms with van der Waals surface area (Å²) in [5.41, 5.74) is 5.57. The third-order valence-corrected chi connectivity index (χ3v) is 1.80. The van der Waals surface area contributed by atoms with E-state index in [0.29, 0.717) is 6.54 Å². The molecule has 0 amide bonds. The fourth-order valence-electron chi connectivity index (χ4n) is 1.23. The minimum absolute atomic E-state index is 0.0278. The molecule has 0 fully saturated rings. The van der Waals surface area contributed by atoms with Crippen LogP contribution in [0, 0.1) is 0 Å². The predicted octanol–water partition coefficient (Wildman–Crippen LogP) is 1.16. The molecule has 3 heteroatoms. The largest absolute Gasteiger partial charge is 0.379 e. The summed E-state index contributed by atoms with van der Waals surface area (Å²) in [6.45, 7) is 6.60. The zero-order valence-corrected chi connectivity index (χ0v) is 8.54. The lowest BCUT2D eigenvalue weighted by molar-refractivity contribution is -0.0756. The van der Waals surface area contributed by atoms with Gasteiger partial charge in [-0.05, 0) is 20.3 Å². The molecule has 0 heterocycles.